The molecule has 4 heteroatoms. The number of hydrogen-bond acceptors (Lipinski definition) is 2. The first-order valence-corrected chi connectivity index (χ1v) is 5.29. The molecule has 1 N–H and O–H groups in total. The summed E-state index contributed by atoms with van der Waals surface area (Å²) in [5.41, 5.74) is 1.81. The molecule has 0 saturated carbocycles. The predicted molar refractivity (Wildman–Crippen MR) is 65.8 cm³/mol. The largest absolute Gasteiger partial charge is 0.354 e. The second-order valence-corrected chi connectivity index (χ2v) is 3.85. The standard InChI is InChI=1S/C13H8ClFN2/c14-12-6-3-10(15)7-13(12)17-11-4-1-9(8-16)2-5-11/h1-7,17H. The van der Waals surface area contributed by atoms with Gasteiger partial charge in [0.05, 0.1) is 22.3 Å². The minimum absolute atomic E-state index is 0.356. The lowest BCUT2D eigenvalue weighted by Crippen LogP contribution is -1.92. The summed E-state index contributed by atoms with van der Waals surface area (Å²) in [4.78, 5) is 0. The average Bonchev–Trinajstić information content (AvgIpc) is 2.35. The van der Waals surface area contributed by atoms with Crippen LogP contribution < -0.4 is 5.32 Å². The van der Waals surface area contributed by atoms with Gasteiger partial charge in [0, 0.05) is 5.69 Å². The summed E-state index contributed by atoms with van der Waals surface area (Å²) in [6, 6.07) is 13.0. The first kappa shape index (κ1) is 11.4. The SMILES string of the molecule is N#Cc1ccc(Nc2cc(F)ccc2Cl)cc1. The first-order valence-electron chi connectivity index (χ1n) is 4.91. The number of rotatable bonds is 2. The second kappa shape index (κ2) is 4.86. The third-order valence-corrected chi connectivity index (χ3v) is 2.55. The Kier molecular flexibility index (Phi) is 3.27. The lowest BCUT2D eigenvalue weighted by molar-refractivity contribution is 0.628. The Labute approximate surface area is 103 Å². The number of nitrogens with zero attached hydrogens (tertiary/aromatic N) is 1. The van der Waals surface area contributed by atoms with Crippen LogP contribution in [-0.2, 0) is 0 Å². The molecular formula is C13H8ClFN2. The summed E-state index contributed by atoms with van der Waals surface area (Å²) < 4.78 is 13.0. The van der Waals surface area contributed by atoms with Crippen molar-refractivity contribution in [2.24, 2.45) is 0 Å². The van der Waals surface area contributed by atoms with Crippen LogP contribution in [0.15, 0.2) is 42.5 Å². The predicted octanol–water partition coefficient (Wildman–Crippen LogP) is 4.09. The molecule has 0 radical (unpaired) electrons. The molecule has 0 fully saturated rings. The van der Waals surface area contributed by atoms with Crippen molar-refractivity contribution >= 4 is 23.0 Å². The van der Waals surface area contributed by atoms with Crippen molar-refractivity contribution in [3.63, 3.8) is 0 Å². The van der Waals surface area contributed by atoms with Crippen LogP contribution in [0.1, 0.15) is 5.56 Å². The van der Waals surface area contributed by atoms with Crippen LogP contribution in [0.4, 0.5) is 15.8 Å². The fraction of sp³-hybridized carbons (Fsp3) is 0. The molecule has 0 amide bonds. The summed E-state index contributed by atoms with van der Waals surface area (Å²) in [5.74, 6) is -0.356. The molecular weight excluding hydrogens is 239 g/mol. The summed E-state index contributed by atoms with van der Waals surface area (Å²) in [7, 11) is 0. The number of halogens is 2. The van der Waals surface area contributed by atoms with Gasteiger partial charge in [-0.3, -0.25) is 0 Å². The summed E-state index contributed by atoms with van der Waals surface area (Å²) in [5, 5.41) is 12.1. The van der Waals surface area contributed by atoms with Gasteiger partial charge in [-0.15, -0.1) is 0 Å². The van der Waals surface area contributed by atoms with Gasteiger partial charge in [-0.2, -0.15) is 5.26 Å². The van der Waals surface area contributed by atoms with E-state index in [9.17, 15) is 4.39 Å². The Hall–Kier alpha value is -2.05. The van der Waals surface area contributed by atoms with Crippen molar-refractivity contribution < 1.29 is 4.39 Å². The minimum Gasteiger partial charge on any atom is -0.354 e. The lowest BCUT2D eigenvalue weighted by atomic mass is 10.2. The molecule has 84 valence electrons. The Morgan fingerprint density at radius 3 is 2.47 bits per heavy atom. The molecule has 0 aliphatic heterocycles. The Morgan fingerprint density at radius 2 is 1.82 bits per heavy atom. The van der Waals surface area contributed by atoms with Crippen LogP contribution in [-0.4, -0.2) is 0 Å². The molecule has 0 spiro atoms. The molecule has 0 saturated heterocycles. The van der Waals surface area contributed by atoms with E-state index in [1.165, 1.54) is 18.2 Å². The van der Waals surface area contributed by atoms with Gasteiger partial charge < -0.3 is 5.32 Å². The van der Waals surface area contributed by atoms with Gasteiger partial charge in [-0.05, 0) is 42.5 Å². The van der Waals surface area contributed by atoms with E-state index in [1.54, 1.807) is 24.3 Å². The second-order valence-electron chi connectivity index (χ2n) is 3.44. The van der Waals surface area contributed by atoms with Crippen LogP contribution in [0.25, 0.3) is 0 Å². The van der Waals surface area contributed by atoms with Crippen LogP contribution in [0, 0.1) is 17.1 Å². The lowest BCUT2D eigenvalue weighted by Gasteiger charge is -2.08. The number of hydrogen-bond donors (Lipinski definition) is 1. The van der Waals surface area contributed by atoms with Crippen molar-refractivity contribution in [1.82, 2.24) is 0 Å². The average molecular weight is 247 g/mol. The van der Waals surface area contributed by atoms with Crippen molar-refractivity contribution in [3.8, 4) is 6.07 Å². The number of benzene rings is 2. The first-order chi connectivity index (χ1) is 8.19. The zero-order valence-corrected chi connectivity index (χ0v) is 9.50. The molecule has 2 aromatic carbocycles. The highest BCUT2D eigenvalue weighted by Gasteiger charge is 2.02. The summed E-state index contributed by atoms with van der Waals surface area (Å²) >= 11 is 5.92. The Bertz CT molecular complexity index is 573. The molecule has 0 atom stereocenters. The van der Waals surface area contributed by atoms with Gasteiger partial charge >= 0.3 is 0 Å². The molecule has 0 aromatic heterocycles. The van der Waals surface area contributed by atoms with Crippen LogP contribution in [0.5, 0.6) is 0 Å². The molecule has 0 unspecified atom stereocenters. The number of nitrogens with one attached hydrogen (secondary N) is 1. The highest BCUT2D eigenvalue weighted by atomic mass is 35.5. The van der Waals surface area contributed by atoms with Crippen molar-refractivity contribution in [2.75, 3.05) is 5.32 Å². The molecule has 2 rings (SSSR count). The van der Waals surface area contributed by atoms with E-state index in [0.29, 0.717) is 16.3 Å². The van der Waals surface area contributed by atoms with Crippen molar-refractivity contribution in [2.45, 2.75) is 0 Å². The summed E-state index contributed by atoms with van der Waals surface area (Å²) in [6.07, 6.45) is 0. The Balaban J connectivity index is 2.25. The maximum Gasteiger partial charge on any atom is 0.125 e. The molecule has 17 heavy (non-hydrogen) atoms. The maximum absolute atomic E-state index is 13.0. The van der Waals surface area contributed by atoms with Crippen LogP contribution >= 0.6 is 11.6 Å². The highest BCUT2D eigenvalue weighted by Crippen LogP contribution is 2.26. The number of anilines is 2. The fourth-order valence-electron chi connectivity index (χ4n) is 1.38. The third-order valence-electron chi connectivity index (χ3n) is 2.22. The number of nitriles is 1. The Morgan fingerprint density at radius 1 is 1.12 bits per heavy atom. The summed E-state index contributed by atoms with van der Waals surface area (Å²) in [6.45, 7) is 0. The molecule has 2 nitrogen and oxygen atoms in total. The van der Waals surface area contributed by atoms with E-state index in [0.717, 1.165) is 5.69 Å². The zero-order valence-electron chi connectivity index (χ0n) is 8.74. The monoisotopic (exact) mass is 246 g/mol. The minimum atomic E-state index is -0.356. The normalized spacial score (nSPS) is 9.71. The quantitative estimate of drug-likeness (QED) is 0.866. The van der Waals surface area contributed by atoms with Crippen molar-refractivity contribution in [1.29, 1.82) is 5.26 Å². The van der Waals surface area contributed by atoms with Crippen LogP contribution in [0.3, 0.4) is 0 Å². The van der Waals surface area contributed by atoms with Gasteiger partial charge in [0.15, 0.2) is 0 Å². The maximum atomic E-state index is 13.0. The molecule has 0 bridgehead atoms. The van der Waals surface area contributed by atoms with Gasteiger partial charge in [0.25, 0.3) is 0 Å². The van der Waals surface area contributed by atoms with Crippen LogP contribution in [0.2, 0.25) is 5.02 Å². The van der Waals surface area contributed by atoms with E-state index < -0.39 is 0 Å². The van der Waals surface area contributed by atoms with E-state index in [-0.39, 0.29) is 5.82 Å². The van der Waals surface area contributed by atoms with Gasteiger partial charge in [-0.1, -0.05) is 11.6 Å². The van der Waals surface area contributed by atoms with Gasteiger partial charge in [0.2, 0.25) is 0 Å². The van der Waals surface area contributed by atoms with Gasteiger partial charge in [0.1, 0.15) is 5.82 Å². The third kappa shape index (κ3) is 2.74. The zero-order chi connectivity index (χ0) is 12.3. The van der Waals surface area contributed by atoms with E-state index >= 15 is 0 Å². The molecule has 0 heterocycles. The molecule has 0 aliphatic rings. The van der Waals surface area contributed by atoms with Crippen molar-refractivity contribution in [3.05, 3.63) is 58.9 Å². The topological polar surface area (TPSA) is 35.8 Å². The molecule has 2 aromatic rings. The van der Waals surface area contributed by atoms with Gasteiger partial charge in [-0.25, -0.2) is 4.39 Å². The van der Waals surface area contributed by atoms with E-state index in [2.05, 4.69) is 5.32 Å². The smallest absolute Gasteiger partial charge is 0.125 e. The van der Waals surface area contributed by atoms with E-state index in [4.69, 9.17) is 16.9 Å². The highest BCUT2D eigenvalue weighted by molar-refractivity contribution is 6.33. The van der Waals surface area contributed by atoms with E-state index in [1.807, 2.05) is 6.07 Å². The fourth-order valence-corrected chi connectivity index (χ4v) is 1.54. The molecule has 0 aliphatic carbocycles.